The van der Waals surface area contributed by atoms with Crippen molar-refractivity contribution in [3.63, 3.8) is 0 Å². The van der Waals surface area contributed by atoms with Crippen molar-refractivity contribution in [3.8, 4) is 17.2 Å². The maximum Gasteiger partial charge on any atom is 0.273 e. The number of rotatable bonds is 10. The van der Waals surface area contributed by atoms with E-state index in [-0.39, 0.29) is 16.3 Å². The molecule has 12 heteroatoms. The van der Waals surface area contributed by atoms with Gasteiger partial charge in [-0.1, -0.05) is 12.1 Å². The molecule has 0 unspecified atom stereocenters. The van der Waals surface area contributed by atoms with Crippen LogP contribution < -0.4 is 35.9 Å². The predicted octanol–water partition coefficient (Wildman–Crippen LogP) is 3.54. The topological polar surface area (TPSA) is 159 Å². The van der Waals surface area contributed by atoms with Crippen molar-refractivity contribution in [2.75, 3.05) is 31.5 Å². The minimum Gasteiger partial charge on any atom is -0.494 e. The van der Waals surface area contributed by atoms with Crippen molar-refractivity contribution in [2.45, 2.75) is 39.3 Å². The summed E-state index contributed by atoms with van der Waals surface area (Å²) in [7, 11) is 2.95. The summed E-state index contributed by atoms with van der Waals surface area (Å²) in [5.41, 5.74) is 11.3. The Kier molecular flexibility index (Phi) is 9.02. The molecule has 0 saturated carbocycles. The SMILES string of the molecule is CCOc1ccc([C@@H](C(=O)NC(C)(C)C)N(C(=O)c2snc(C(N)=O)c2N)c2ccc(OC)c(OC)c2)cc1. The van der Waals surface area contributed by atoms with E-state index in [1.807, 2.05) is 27.7 Å². The highest BCUT2D eigenvalue weighted by atomic mass is 32.1. The molecule has 5 N–H and O–H groups in total. The number of anilines is 2. The minimum atomic E-state index is -1.16. The molecule has 0 aliphatic carbocycles. The van der Waals surface area contributed by atoms with E-state index in [9.17, 15) is 14.4 Å². The summed E-state index contributed by atoms with van der Waals surface area (Å²) in [6.45, 7) is 7.84. The molecule has 11 nitrogen and oxygen atoms in total. The molecule has 1 aromatic heterocycles. The van der Waals surface area contributed by atoms with Crippen molar-refractivity contribution in [1.82, 2.24) is 9.69 Å². The number of amides is 3. The van der Waals surface area contributed by atoms with Crippen molar-refractivity contribution < 1.29 is 28.6 Å². The highest BCUT2D eigenvalue weighted by Gasteiger charge is 2.37. The first-order valence-electron chi connectivity index (χ1n) is 12.1. The summed E-state index contributed by atoms with van der Waals surface area (Å²) >= 11 is 0.725. The number of nitrogens with two attached hydrogens (primary N) is 2. The van der Waals surface area contributed by atoms with E-state index in [1.165, 1.54) is 19.1 Å². The van der Waals surface area contributed by atoms with Crippen LogP contribution in [-0.2, 0) is 4.79 Å². The first-order chi connectivity index (χ1) is 18.4. The van der Waals surface area contributed by atoms with Gasteiger partial charge in [0.1, 0.15) is 16.7 Å². The van der Waals surface area contributed by atoms with E-state index in [2.05, 4.69) is 9.69 Å². The third kappa shape index (κ3) is 6.58. The zero-order chi connectivity index (χ0) is 28.9. The van der Waals surface area contributed by atoms with E-state index in [1.54, 1.807) is 42.5 Å². The predicted molar refractivity (Wildman–Crippen MR) is 150 cm³/mol. The number of benzene rings is 2. The minimum absolute atomic E-state index is 0.0434. The fourth-order valence-electron chi connectivity index (χ4n) is 3.87. The number of nitrogen functional groups attached to an aromatic ring is 1. The molecular formula is C27H33N5O6S. The van der Waals surface area contributed by atoms with Crippen molar-refractivity contribution >= 4 is 40.6 Å². The van der Waals surface area contributed by atoms with Crippen molar-refractivity contribution in [1.29, 1.82) is 0 Å². The second kappa shape index (κ2) is 12.0. The van der Waals surface area contributed by atoms with Gasteiger partial charge in [-0.3, -0.25) is 19.3 Å². The summed E-state index contributed by atoms with van der Waals surface area (Å²) in [6, 6.07) is 10.5. The maximum atomic E-state index is 14.2. The first-order valence-corrected chi connectivity index (χ1v) is 12.8. The molecule has 39 heavy (non-hydrogen) atoms. The van der Waals surface area contributed by atoms with Crippen molar-refractivity contribution in [3.05, 3.63) is 58.6 Å². The van der Waals surface area contributed by atoms with Gasteiger partial charge in [0.15, 0.2) is 17.2 Å². The second-order valence-electron chi connectivity index (χ2n) is 9.50. The van der Waals surface area contributed by atoms with Gasteiger partial charge in [0, 0.05) is 17.3 Å². The standard InChI is InChI=1S/C27H33N5O6S/c1-7-38-17-11-8-15(9-12-17)22(25(34)30-27(2,3)4)32(16-10-13-18(36-5)19(14-16)37-6)26(35)23-20(28)21(24(29)33)31-39-23/h8-14,22H,7,28H2,1-6H3,(H2,29,33)(H,30,34)/t22-/m0/s1. The molecule has 0 fully saturated rings. The lowest BCUT2D eigenvalue weighted by Crippen LogP contribution is -2.49. The number of carbonyl (C=O) groups excluding carboxylic acids is 3. The molecule has 0 saturated heterocycles. The quantitative estimate of drug-likeness (QED) is 0.343. The molecule has 0 bridgehead atoms. The average Bonchev–Trinajstić information content (AvgIpc) is 3.27. The molecule has 0 aliphatic heterocycles. The van der Waals surface area contributed by atoms with Gasteiger partial charge in [0.05, 0.1) is 26.5 Å². The summed E-state index contributed by atoms with van der Waals surface area (Å²) in [5, 5.41) is 2.97. The van der Waals surface area contributed by atoms with Crippen LogP contribution in [0.3, 0.4) is 0 Å². The van der Waals surface area contributed by atoms with E-state index >= 15 is 0 Å². The molecular weight excluding hydrogens is 522 g/mol. The third-order valence-corrected chi connectivity index (χ3v) is 6.38. The molecule has 0 spiro atoms. The van der Waals surface area contributed by atoms with Crippen LogP contribution in [0.15, 0.2) is 42.5 Å². The lowest BCUT2D eigenvalue weighted by Gasteiger charge is -2.34. The maximum absolute atomic E-state index is 14.2. The molecule has 3 amide bonds. The lowest BCUT2D eigenvalue weighted by atomic mass is 10.00. The average molecular weight is 556 g/mol. The summed E-state index contributed by atoms with van der Waals surface area (Å²) < 4.78 is 20.4. The van der Waals surface area contributed by atoms with Gasteiger partial charge in [-0.2, -0.15) is 4.37 Å². The molecule has 3 aromatic rings. The zero-order valence-corrected chi connectivity index (χ0v) is 23.5. The Morgan fingerprint density at radius 1 is 1.05 bits per heavy atom. The van der Waals surface area contributed by atoms with Gasteiger partial charge in [0.25, 0.3) is 11.8 Å². The monoisotopic (exact) mass is 555 g/mol. The van der Waals surface area contributed by atoms with Crippen LogP contribution in [0.2, 0.25) is 0 Å². The molecule has 1 heterocycles. The Morgan fingerprint density at radius 3 is 2.21 bits per heavy atom. The number of carbonyl (C=O) groups is 3. The summed E-state index contributed by atoms with van der Waals surface area (Å²) in [5.74, 6) is -0.601. The number of hydrogen-bond acceptors (Lipinski definition) is 9. The normalized spacial score (nSPS) is 11.8. The Hall–Kier alpha value is -4.32. The van der Waals surface area contributed by atoms with Crippen LogP contribution in [-0.4, -0.2) is 48.5 Å². The van der Waals surface area contributed by atoms with Gasteiger partial charge >= 0.3 is 0 Å². The Bertz CT molecular complexity index is 1350. The van der Waals surface area contributed by atoms with Crippen LogP contribution in [0.5, 0.6) is 17.2 Å². The number of nitrogens with one attached hydrogen (secondary N) is 1. The molecule has 2 aromatic carbocycles. The van der Waals surface area contributed by atoms with Crippen LogP contribution in [0.25, 0.3) is 0 Å². The first kappa shape index (κ1) is 29.2. The molecule has 208 valence electrons. The van der Waals surface area contributed by atoms with Crippen LogP contribution in [0, 0.1) is 0 Å². The molecule has 0 radical (unpaired) electrons. The number of methoxy groups -OCH3 is 2. The second-order valence-corrected chi connectivity index (χ2v) is 10.3. The van der Waals surface area contributed by atoms with E-state index < -0.39 is 29.3 Å². The number of nitrogens with zero attached hydrogens (tertiary/aromatic N) is 2. The number of aromatic nitrogens is 1. The fourth-order valence-corrected chi connectivity index (χ4v) is 4.61. The van der Waals surface area contributed by atoms with Crippen LogP contribution in [0.1, 0.15) is 59.5 Å². The van der Waals surface area contributed by atoms with Gasteiger partial charge in [-0.25, -0.2) is 0 Å². The Labute approximate surface area is 231 Å². The highest BCUT2D eigenvalue weighted by molar-refractivity contribution is 7.09. The lowest BCUT2D eigenvalue weighted by molar-refractivity contribution is -0.123. The van der Waals surface area contributed by atoms with Crippen LogP contribution >= 0.6 is 11.5 Å². The van der Waals surface area contributed by atoms with Gasteiger partial charge < -0.3 is 31.0 Å². The molecule has 0 aliphatic rings. The third-order valence-electron chi connectivity index (χ3n) is 5.53. The van der Waals surface area contributed by atoms with Gasteiger partial charge in [0.2, 0.25) is 5.91 Å². The van der Waals surface area contributed by atoms with Gasteiger partial charge in [-0.05, 0) is 69.1 Å². The van der Waals surface area contributed by atoms with E-state index in [4.69, 9.17) is 25.7 Å². The number of ether oxygens (including phenoxy) is 3. The highest BCUT2D eigenvalue weighted by Crippen LogP contribution is 2.38. The van der Waals surface area contributed by atoms with Crippen molar-refractivity contribution in [2.24, 2.45) is 5.73 Å². The Morgan fingerprint density at radius 2 is 1.69 bits per heavy atom. The molecule has 1 atom stereocenters. The summed E-state index contributed by atoms with van der Waals surface area (Å²) in [4.78, 5) is 41.1. The molecule has 3 rings (SSSR count). The summed E-state index contributed by atoms with van der Waals surface area (Å²) in [6.07, 6.45) is 0. The van der Waals surface area contributed by atoms with Gasteiger partial charge in [-0.15, -0.1) is 0 Å². The number of hydrogen-bond donors (Lipinski definition) is 3. The van der Waals surface area contributed by atoms with E-state index in [0.717, 1.165) is 11.5 Å². The van der Waals surface area contributed by atoms with Crippen LogP contribution in [0.4, 0.5) is 11.4 Å². The smallest absolute Gasteiger partial charge is 0.273 e. The fraction of sp³-hybridized carbons (Fsp3) is 0.333. The zero-order valence-electron chi connectivity index (χ0n) is 22.7. The number of primary amides is 1. The largest absolute Gasteiger partial charge is 0.494 e. The van der Waals surface area contributed by atoms with E-state index in [0.29, 0.717) is 35.1 Å². The Balaban J connectivity index is 2.28.